The van der Waals surface area contributed by atoms with Crippen molar-refractivity contribution in [3.8, 4) is 0 Å². The van der Waals surface area contributed by atoms with Crippen LogP contribution in [0.5, 0.6) is 0 Å². The molecule has 3 heterocycles. The molecule has 1 atom stereocenters. The van der Waals surface area contributed by atoms with Crippen LogP contribution < -0.4 is 5.32 Å². The molecule has 7 nitrogen and oxygen atoms in total. The number of carbonyl (C=O) groups excluding carboxylic acids is 2. The monoisotopic (exact) mass is 628 g/mol. The first kappa shape index (κ1) is 25.2. The Bertz CT molecular complexity index is 1370. The summed E-state index contributed by atoms with van der Waals surface area (Å²) >= 11 is 2.75. The molecular formula is C24H20F3IN4O3S. The minimum Gasteiger partial charge on any atom is -0.378 e. The molecule has 0 radical (unpaired) electrons. The molecule has 1 aromatic heterocycles. The van der Waals surface area contributed by atoms with Gasteiger partial charge in [0, 0.05) is 28.1 Å². The molecule has 2 amide bonds. The van der Waals surface area contributed by atoms with E-state index in [1.807, 2.05) is 22.6 Å². The van der Waals surface area contributed by atoms with Crippen molar-refractivity contribution in [1.29, 1.82) is 0 Å². The molecule has 2 aliphatic heterocycles. The van der Waals surface area contributed by atoms with Gasteiger partial charge in [0.05, 0.1) is 41.9 Å². The van der Waals surface area contributed by atoms with Gasteiger partial charge in [-0.1, -0.05) is 12.1 Å². The van der Waals surface area contributed by atoms with Crippen LogP contribution in [0.25, 0.3) is 17.0 Å². The van der Waals surface area contributed by atoms with Crippen molar-refractivity contribution >= 4 is 62.5 Å². The lowest BCUT2D eigenvalue weighted by molar-refractivity contribution is -0.138. The van der Waals surface area contributed by atoms with Gasteiger partial charge in [0.25, 0.3) is 11.1 Å². The largest absolute Gasteiger partial charge is 0.416 e. The Morgan fingerprint density at radius 3 is 2.81 bits per heavy atom. The Labute approximate surface area is 222 Å². The number of alkyl halides is 3. The third kappa shape index (κ3) is 5.31. The van der Waals surface area contributed by atoms with Crippen molar-refractivity contribution in [2.45, 2.75) is 18.8 Å². The number of hydrogen-bond acceptors (Lipinski definition) is 6. The number of nitrogens with one attached hydrogen (secondary N) is 1. The van der Waals surface area contributed by atoms with Crippen molar-refractivity contribution in [3.63, 3.8) is 0 Å². The minimum atomic E-state index is -4.46. The summed E-state index contributed by atoms with van der Waals surface area (Å²) in [4.78, 5) is 26.8. The van der Waals surface area contributed by atoms with E-state index in [9.17, 15) is 22.8 Å². The first-order valence-corrected chi connectivity index (χ1v) is 13.0. The highest BCUT2D eigenvalue weighted by Crippen LogP contribution is 2.35. The summed E-state index contributed by atoms with van der Waals surface area (Å²) in [5.41, 5.74) is 0.802. The topological polar surface area (TPSA) is 76.5 Å². The highest BCUT2D eigenvalue weighted by atomic mass is 127. The van der Waals surface area contributed by atoms with E-state index in [2.05, 4.69) is 10.4 Å². The molecule has 36 heavy (non-hydrogen) atoms. The molecule has 188 valence electrons. The van der Waals surface area contributed by atoms with Gasteiger partial charge in [0.2, 0.25) is 0 Å². The number of fused-ring (bicyclic) bond motifs is 1. The molecule has 2 aromatic carbocycles. The molecule has 12 heteroatoms. The van der Waals surface area contributed by atoms with Gasteiger partial charge in [-0.3, -0.25) is 19.2 Å². The highest BCUT2D eigenvalue weighted by Gasteiger charge is 2.37. The predicted molar refractivity (Wildman–Crippen MR) is 138 cm³/mol. The van der Waals surface area contributed by atoms with Gasteiger partial charge in [-0.15, -0.1) is 0 Å². The summed E-state index contributed by atoms with van der Waals surface area (Å²) in [5, 5.41) is 7.91. The SMILES string of the molecule is O=C1S/C(=C\c2ccc3c(cnn3Cc3ccc(I)cc3C(F)(F)F)c2)C(=O)N1CC1COCCN1. The Hall–Kier alpha value is -2.42. The van der Waals surface area contributed by atoms with E-state index in [0.717, 1.165) is 17.8 Å². The molecule has 1 N–H and O–H groups in total. The fourth-order valence-electron chi connectivity index (χ4n) is 4.20. The number of benzene rings is 2. The molecule has 0 spiro atoms. The van der Waals surface area contributed by atoms with E-state index < -0.39 is 11.7 Å². The molecular weight excluding hydrogens is 608 g/mol. The number of amides is 2. The molecule has 2 saturated heterocycles. The summed E-state index contributed by atoms with van der Waals surface area (Å²) in [5.74, 6) is -0.355. The van der Waals surface area contributed by atoms with E-state index in [-0.39, 0.29) is 35.8 Å². The summed E-state index contributed by atoms with van der Waals surface area (Å²) in [7, 11) is 0. The summed E-state index contributed by atoms with van der Waals surface area (Å²) < 4.78 is 48.0. The standard InChI is InChI=1S/C24H20F3IN4O3S/c25-24(26,27)19-9-17(28)3-2-15(19)11-32-20-4-1-14(7-16(20)10-30-32)8-21-22(33)31(23(34)36-21)12-18-13-35-6-5-29-18/h1-4,7-10,18,29H,5-6,11-13H2/b21-8-. The predicted octanol–water partition coefficient (Wildman–Crippen LogP) is 4.73. The molecule has 2 aliphatic rings. The molecule has 5 rings (SSSR count). The molecule has 0 saturated carbocycles. The van der Waals surface area contributed by atoms with Crippen molar-refractivity contribution in [1.82, 2.24) is 20.0 Å². The number of ether oxygens (including phenoxy) is 1. The van der Waals surface area contributed by atoms with E-state index in [1.165, 1.54) is 15.6 Å². The van der Waals surface area contributed by atoms with Crippen LogP contribution in [0.4, 0.5) is 18.0 Å². The third-order valence-corrected chi connectivity index (χ3v) is 7.51. The maximum Gasteiger partial charge on any atom is 0.416 e. The zero-order chi connectivity index (χ0) is 25.4. The smallest absolute Gasteiger partial charge is 0.378 e. The van der Waals surface area contributed by atoms with Gasteiger partial charge in [-0.05, 0) is 75.8 Å². The Kier molecular flexibility index (Phi) is 7.12. The average Bonchev–Trinajstić information content (AvgIpc) is 3.35. The molecule has 0 bridgehead atoms. The van der Waals surface area contributed by atoms with Crippen LogP contribution in [0.2, 0.25) is 0 Å². The quantitative estimate of drug-likeness (QED) is 0.326. The average molecular weight is 628 g/mol. The van der Waals surface area contributed by atoms with Gasteiger partial charge in [-0.2, -0.15) is 18.3 Å². The number of halogens is 4. The molecule has 2 fully saturated rings. The van der Waals surface area contributed by atoms with Gasteiger partial charge in [0.1, 0.15) is 0 Å². The van der Waals surface area contributed by atoms with Gasteiger partial charge < -0.3 is 10.1 Å². The maximum absolute atomic E-state index is 13.5. The first-order valence-electron chi connectivity index (χ1n) is 11.1. The van der Waals surface area contributed by atoms with E-state index >= 15 is 0 Å². The maximum atomic E-state index is 13.5. The second kappa shape index (κ2) is 10.1. The van der Waals surface area contributed by atoms with Crippen molar-refractivity contribution in [2.75, 3.05) is 26.3 Å². The van der Waals surface area contributed by atoms with Crippen LogP contribution in [0.15, 0.2) is 47.5 Å². The lowest BCUT2D eigenvalue weighted by atomic mass is 10.1. The van der Waals surface area contributed by atoms with Crippen LogP contribution >= 0.6 is 34.4 Å². The number of hydrogen-bond donors (Lipinski definition) is 1. The third-order valence-electron chi connectivity index (χ3n) is 5.94. The molecule has 0 aliphatic carbocycles. The van der Waals surface area contributed by atoms with Gasteiger partial charge in [0.15, 0.2) is 0 Å². The van der Waals surface area contributed by atoms with Crippen molar-refractivity contribution < 1.29 is 27.5 Å². The Balaban J connectivity index is 1.36. The van der Waals surface area contributed by atoms with E-state index in [1.54, 1.807) is 36.5 Å². The number of thioether (sulfide) groups is 1. The van der Waals surface area contributed by atoms with Gasteiger partial charge in [-0.25, -0.2) is 0 Å². The zero-order valence-corrected chi connectivity index (χ0v) is 21.7. The number of nitrogens with zero attached hydrogens (tertiary/aromatic N) is 3. The number of carbonyl (C=O) groups is 2. The minimum absolute atomic E-state index is 0.0353. The van der Waals surface area contributed by atoms with Crippen LogP contribution in [-0.2, 0) is 22.3 Å². The summed E-state index contributed by atoms with van der Waals surface area (Å²) in [6, 6.07) is 9.44. The second-order valence-corrected chi connectivity index (χ2v) is 10.7. The fraction of sp³-hybridized carbons (Fsp3) is 0.292. The van der Waals surface area contributed by atoms with Crippen LogP contribution in [0, 0.1) is 3.57 Å². The molecule has 1 unspecified atom stereocenters. The van der Waals surface area contributed by atoms with Crippen molar-refractivity contribution in [3.05, 3.63) is 67.8 Å². The van der Waals surface area contributed by atoms with Gasteiger partial charge >= 0.3 is 6.18 Å². The fourth-order valence-corrected chi connectivity index (χ4v) is 5.54. The normalized spacial score (nSPS) is 20.2. The number of aromatic nitrogens is 2. The van der Waals surface area contributed by atoms with Crippen LogP contribution in [-0.4, -0.2) is 58.2 Å². The summed E-state index contributed by atoms with van der Waals surface area (Å²) in [6.45, 7) is 1.92. The highest BCUT2D eigenvalue weighted by molar-refractivity contribution is 14.1. The first-order chi connectivity index (χ1) is 17.2. The summed E-state index contributed by atoms with van der Waals surface area (Å²) in [6.07, 6.45) is -1.24. The lowest BCUT2D eigenvalue weighted by Crippen LogP contribution is -2.49. The van der Waals surface area contributed by atoms with Crippen LogP contribution in [0.1, 0.15) is 16.7 Å². The zero-order valence-electron chi connectivity index (χ0n) is 18.7. The number of morpholine rings is 1. The van der Waals surface area contributed by atoms with Crippen molar-refractivity contribution in [2.24, 2.45) is 0 Å². The second-order valence-electron chi connectivity index (χ2n) is 8.44. The number of imide groups is 1. The molecule has 3 aromatic rings. The van der Waals surface area contributed by atoms with E-state index in [4.69, 9.17) is 4.74 Å². The Morgan fingerprint density at radius 1 is 1.22 bits per heavy atom. The lowest BCUT2D eigenvalue weighted by Gasteiger charge is -2.26. The number of rotatable bonds is 5. The van der Waals surface area contributed by atoms with Crippen LogP contribution in [0.3, 0.4) is 0 Å². The van der Waals surface area contributed by atoms with E-state index in [0.29, 0.717) is 44.7 Å². The Morgan fingerprint density at radius 2 is 2.06 bits per heavy atom.